The average Bonchev–Trinajstić information content (AvgIpc) is 2.53. The van der Waals surface area contributed by atoms with Crippen LogP contribution in [0.5, 0.6) is 0 Å². The molecule has 23 heavy (non-hydrogen) atoms. The first-order chi connectivity index (χ1) is 11.1. The van der Waals surface area contributed by atoms with Crippen LogP contribution in [0.3, 0.4) is 0 Å². The van der Waals surface area contributed by atoms with Crippen molar-refractivity contribution in [3.63, 3.8) is 0 Å². The number of hydrogen-bond acceptors (Lipinski definition) is 3. The molecule has 1 aliphatic heterocycles. The maximum Gasteiger partial charge on any atom is 0.249 e. The number of amides is 2. The summed E-state index contributed by atoms with van der Waals surface area (Å²) in [6.45, 7) is 2.70. The molecular formula is C17H23ClN2O3. The Morgan fingerprint density at radius 1 is 1.43 bits per heavy atom. The number of halogens is 1. The van der Waals surface area contributed by atoms with Gasteiger partial charge in [0.2, 0.25) is 11.8 Å². The van der Waals surface area contributed by atoms with Crippen LogP contribution in [-0.4, -0.2) is 49.6 Å². The zero-order valence-corrected chi connectivity index (χ0v) is 14.4. The van der Waals surface area contributed by atoms with Gasteiger partial charge in [-0.3, -0.25) is 9.59 Å². The number of hydrogen-bond donors (Lipinski definition) is 0. The largest absolute Gasteiger partial charge is 0.375 e. The third-order valence-electron chi connectivity index (χ3n) is 4.04. The minimum absolute atomic E-state index is 0.00701. The highest BCUT2D eigenvalue weighted by Gasteiger charge is 2.35. The van der Waals surface area contributed by atoms with E-state index in [0.717, 1.165) is 24.9 Å². The lowest BCUT2D eigenvalue weighted by Crippen LogP contribution is -2.58. The topological polar surface area (TPSA) is 49.9 Å². The van der Waals surface area contributed by atoms with Gasteiger partial charge in [-0.25, -0.2) is 0 Å². The molecule has 0 aliphatic carbocycles. The first kappa shape index (κ1) is 17.8. The van der Waals surface area contributed by atoms with Crippen molar-refractivity contribution in [2.24, 2.45) is 0 Å². The van der Waals surface area contributed by atoms with Crippen LogP contribution in [0, 0.1) is 0 Å². The van der Waals surface area contributed by atoms with Crippen LogP contribution in [0.15, 0.2) is 24.3 Å². The molecule has 0 bridgehead atoms. The smallest absolute Gasteiger partial charge is 0.249 e. The fourth-order valence-corrected chi connectivity index (χ4v) is 3.03. The lowest BCUT2D eigenvalue weighted by Gasteiger charge is -2.41. The molecule has 1 fully saturated rings. The molecule has 1 atom stereocenters. The number of rotatable bonds is 6. The number of methoxy groups -OCH3 is 1. The maximum atomic E-state index is 12.5. The van der Waals surface area contributed by atoms with Crippen LogP contribution in [0.25, 0.3) is 0 Å². The van der Waals surface area contributed by atoms with Crippen LogP contribution in [0.1, 0.15) is 26.2 Å². The second kappa shape index (κ2) is 8.31. The van der Waals surface area contributed by atoms with Crippen molar-refractivity contribution in [1.29, 1.82) is 0 Å². The summed E-state index contributed by atoms with van der Waals surface area (Å²) < 4.78 is 4.94. The van der Waals surface area contributed by atoms with Crippen LogP contribution in [0.4, 0.5) is 5.69 Å². The summed E-state index contributed by atoms with van der Waals surface area (Å²) >= 11 is 6.03. The van der Waals surface area contributed by atoms with Crippen molar-refractivity contribution in [2.75, 3.05) is 31.7 Å². The van der Waals surface area contributed by atoms with E-state index in [0.29, 0.717) is 11.6 Å². The van der Waals surface area contributed by atoms with Crippen molar-refractivity contribution >= 4 is 29.1 Å². The minimum atomic E-state index is -0.132. The van der Waals surface area contributed by atoms with Crippen LogP contribution in [-0.2, 0) is 14.3 Å². The summed E-state index contributed by atoms with van der Waals surface area (Å²) in [4.78, 5) is 28.1. The van der Waals surface area contributed by atoms with E-state index in [1.54, 1.807) is 21.9 Å². The molecule has 1 unspecified atom stereocenters. The molecule has 6 heteroatoms. The van der Waals surface area contributed by atoms with Gasteiger partial charge >= 0.3 is 0 Å². The number of piperazine rings is 1. The van der Waals surface area contributed by atoms with Crippen molar-refractivity contribution in [3.05, 3.63) is 29.3 Å². The summed E-state index contributed by atoms with van der Waals surface area (Å²) in [5, 5.41) is 0.596. The summed E-state index contributed by atoms with van der Waals surface area (Å²) in [6.07, 6.45) is 2.93. The molecule has 0 spiro atoms. The van der Waals surface area contributed by atoms with E-state index >= 15 is 0 Å². The highest BCUT2D eigenvalue weighted by atomic mass is 35.5. The van der Waals surface area contributed by atoms with E-state index in [1.165, 1.54) is 7.11 Å². The Kier molecular flexibility index (Phi) is 6.42. The summed E-state index contributed by atoms with van der Waals surface area (Å²) in [6, 6.07) is 7.27. The van der Waals surface area contributed by atoms with Gasteiger partial charge in [-0.1, -0.05) is 37.4 Å². The number of ether oxygens (including phenoxy) is 1. The molecule has 0 aromatic heterocycles. The molecule has 5 nitrogen and oxygen atoms in total. The lowest BCUT2D eigenvalue weighted by molar-refractivity contribution is -0.143. The molecule has 2 rings (SSSR count). The number of carbonyl (C=O) groups is 2. The molecule has 0 N–H and O–H groups in total. The third kappa shape index (κ3) is 4.45. The highest BCUT2D eigenvalue weighted by Crippen LogP contribution is 2.25. The van der Waals surface area contributed by atoms with Crippen LogP contribution < -0.4 is 4.90 Å². The van der Waals surface area contributed by atoms with Gasteiger partial charge in [0.25, 0.3) is 0 Å². The van der Waals surface area contributed by atoms with Gasteiger partial charge in [0.15, 0.2) is 0 Å². The number of benzene rings is 1. The molecule has 126 valence electrons. The van der Waals surface area contributed by atoms with Crippen LogP contribution in [0.2, 0.25) is 5.02 Å². The molecular weight excluding hydrogens is 316 g/mol. The summed E-state index contributed by atoms with van der Waals surface area (Å²) in [5.41, 5.74) is 0.780. The number of carbonyl (C=O) groups excluding carboxylic acids is 2. The van der Waals surface area contributed by atoms with Gasteiger partial charge in [-0.2, -0.15) is 0 Å². The van der Waals surface area contributed by atoms with Gasteiger partial charge in [-0.05, 0) is 24.6 Å². The number of unbranched alkanes of at least 4 members (excludes halogenated alkanes) is 1. The molecule has 2 amide bonds. The van der Waals surface area contributed by atoms with Crippen molar-refractivity contribution < 1.29 is 14.3 Å². The Bertz CT molecular complexity index is 565. The minimum Gasteiger partial charge on any atom is -0.375 e. The SMILES string of the molecule is CCCCC1CN(c2cccc(Cl)c2)C(=O)CN1C(=O)COC. The quantitative estimate of drug-likeness (QED) is 0.801. The fraction of sp³-hybridized carbons (Fsp3) is 0.529. The Balaban J connectivity index is 2.19. The van der Waals surface area contributed by atoms with Gasteiger partial charge in [0, 0.05) is 24.4 Å². The summed E-state index contributed by atoms with van der Waals surface area (Å²) in [5.74, 6) is -0.225. The van der Waals surface area contributed by atoms with Crippen LogP contribution >= 0.6 is 11.6 Å². The average molecular weight is 339 g/mol. The molecule has 0 saturated carbocycles. The predicted molar refractivity (Wildman–Crippen MR) is 90.7 cm³/mol. The predicted octanol–water partition coefficient (Wildman–Crippen LogP) is 2.72. The van der Waals surface area contributed by atoms with Gasteiger partial charge < -0.3 is 14.5 Å². The Labute approximate surface area is 142 Å². The maximum absolute atomic E-state index is 12.5. The fourth-order valence-electron chi connectivity index (χ4n) is 2.85. The first-order valence-electron chi connectivity index (χ1n) is 7.91. The van der Waals surface area contributed by atoms with Crippen molar-refractivity contribution in [1.82, 2.24) is 4.90 Å². The number of anilines is 1. The molecule has 1 aromatic carbocycles. The molecule has 1 saturated heterocycles. The third-order valence-corrected chi connectivity index (χ3v) is 4.27. The second-order valence-corrected chi connectivity index (χ2v) is 6.17. The lowest BCUT2D eigenvalue weighted by atomic mass is 10.0. The van der Waals surface area contributed by atoms with E-state index in [-0.39, 0.29) is 31.0 Å². The second-order valence-electron chi connectivity index (χ2n) is 5.73. The monoisotopic (exact) mass is 338 g/mol. The normalized spacial score (nSPS) is 18.4. The van der Waals surface area contributed by atoms with Crippen molar-refractivity contribution in [2.45, 2.75) is 32.2 Å². The summed E-state index contributed by atoms with van der Waals surface area (Å²) in [7, 11) is 1.49. The molecule has 1 aliphatic rings. The molecule has 0 radical (unpaired) electrons. The first-order valence-corrected chi connectivity index (χ1v) is 8.29. The van der Waals surface area contributed by atoms with E-state index in [2.05, 4.69) is 6.92 Å². The zero-order chi connectivity index (χ0) is 16.8. The molecule has 1 aromatic rings. The van der Waals surface area contributed by atoms with Crippen molar-refractivity contribution in [3.8, 4) is 0 Å². The van der Waals surface area contributed by atoms with E-state index in [9.17, 15) is 9.59 Å². The number of nitrogens with zero attached hydrogens (tertiary/aromatic N) is 2. The van der Waals surface area contributed by atoms with E-state index in [1.807, 2.05) is 12.1 Å². The Morgan fingerprint density at radius 2 is 2.22 bits per heavy atom. The Morgan fingerprint density at radius 3 is 2.87 bits per heavy atom. The Hall–Kier alpha value is -1.59. The van der Waals surface area contributed by atoms with E-state index in [4.69, 9.17) is 16.3 Å². The van der Waals surface area contributed by atoms with Gasteiger partial charge in [0.1, 0.15) is 13.2 Å². The van der Waals surface area contributed by atoms with E-state index < -0.39 is 0 Å². The zero-order valence-electron chi connectivity index (χ0n) is 13.6. The molecule has 1 heterocycles. The van der Waals surface area contributed by atoms with Gasteiger partial charge in [-0.15, -0.1) is 0 Å². The highest BCUT2D eigenvalue weighted by molar-refractivity contribution is 6.30. The standard InChI is InChI=1S/C17H23ClN2O3/c1-3-4-7-15-10-19(14-8-5-6-13(18)9-14)16(21)11-20(15)17(22)12-23-2/h5-6,8-9,15H,3-4,7,10-12H2,1-2H3. The van der Waals surface area contributed by atoms with Gasteiger partial charge in [0.05, 0.1) is 6.04 Å².